The third-order valence-corrected chi connectivity index (χ3v) is 4.81. The number of rotatable bonds is 3. The molecule has 1 aliphatic carbocycles. The number of methoxy groups -OCH3 is 1. The molecule has 0 spiro atoms. The van der Waals surface area contributed by atoms with E-state index in [2.05, 4.69) is 37.2 Å². The van der Waals surface area contributed by atoms with Crippen LogP contribution in [0, 0.1) is 5.92 Å². The number of allylic oxidation sites excluding steroid dienone is 2. The molecule has 112 valence electrons. The van der Waals surface area contributed by atoms with E-state index in [-0.39, 0.29) is 5.60 Å². The molecule has 0 aromatic heterocycles. The molecule has 1 aromatic carbocycles. The molecule has 1 unspecified atom stereocenters. The number of ether oxygens (including phenoxy) is 1. The lowest BCUT2D eigenvalue weighted by molar-refractivity contribution is -0.0523. The van der Waals surface area contributed by atoms with Crippen LogP contribution >= 0.6 is 0 Å². The Kier molecular flexibility index (Phi) is 3.75. The number of benzene rings is 1. The largest absolute Gasteiger partial charge is 0.497 e. The van der Waals surface area contributed by atoms with Gasteiger partial charge in [-0.25, -0.2) is 0 Å². The zero-order valence-corrected chi connectivity index (χ0v) is 13.1. The minimum Gasteiger partial charge on any atom is -0.497 e. The molecule has 0 radical (unpaired) electrons. The molecule has 3 rings (SSSR count). The highest BCUT2D eigenvalue weighted by atomic mass is 16.7. The molecule has 3 heteroatoms. The minimum absolute atomic E-state index is 0.160. The van der Waals surface area contributed by atoms with Crippen molar-refractivity contribution in [2.24, 2.45) is 11.1 Å². The maximum absolute atomic E-state index is 5.87. The van der Waals surface area contributed by atoms with Gasteiger partial charge in [0.2, 0.25) is 0 Å². The second kappa shape index (κ2) is 5.55. The molecule has 0 amide bonds. The lowest BCUT2D eigenvalue weighted by Gasteiger charge is -2.33. The second-order valence-corrected chi connectivity index (χ2v) is 6.37. The Morgan fingerprint density at radius 2 is 2.05 bits per heavy atom. The first-order valence-corrected chi connectivity index (χ1v) is 7.66. The van der Waals surface area contributed by atoms with Crippen molar-refractivity contribution < 1.29 is 9.57 Å². The predicted molar refractivity (Wildman–Crippen MR) is 84.7 cm³/mol. The van der Waals surface area contributed by atoms with Crippen molar-refractivity contribution in [1.29, 1.82) is 0 Å². The topological polar surface area (TPSA) is 30.8 Å². The smallest absolute Gasteiger partial charge is 0.143 e. The van der Waals surface area contributed by atoms with Crippen LogP contribution in [0.4, 0.5) is 0 Å². The maximum atomic E-state index is 5.87. The number of hydrogen-bond acceptors (Lipinski definition) is 3. The number of nitrogens with zero attached hydrogens (tertiary/aromatic N) is 1. The van der Waals surface area contributed by atoms with Crippen molar-refractivity contribution in [2.75, 3.05) is 7.11 Å². The van der Waals surface area contributed by atoms with Crippen LogP contribution in [0.15, 0.2) is 41.1 Å². The molecule has 3 nitrogen and oxygen atoms in total. The van der Waals surface area contributed by atoms with Gasteiger partial charge in [0, 0.05) is 12.3 Å². The minimum atomic E-state index is -0.160. The van der Waals surface area contributed by atoms with Crippen molar-refractivity contribution in [3.63, 3.8) is 0 Å². The summed E-state index contributed by atoms with van der Waals surface area (Å²) in [5, 5.41) is 4.36. The SMILES string of the molecule is COc1ccc(C2=NOC(C)([C@H]3CC=C(C)CC3)C2)cc1. The fourth-order valence-corrected chi connectivity index (χ4v) is 3.23. The molecule has 0 N–H and O–H groups in total. The first-order chi connectivity index (χ1) is 10.1. The van der Waals surface area contributed by atoms with Crippen LogP contribution in [0.2, 0.25) is 0 Å². The van der Waals surface area contributed by atoms with Gasteiger partial charge >= 0.3 is 0 Å². The molecule has 1 aromatic rings. The van der Waals surface area contributed by atoms with Gasteiger partial charge in [-0.15, -0.1) is 0 Å². The summed E-state index contributed by atoms with van der Waals surface area (Å²) in [6.45, 7) is 4.42. The van der Waals surface area contributed by atoms with E-state index in [0.717, 1.165) is 29.9 Å². The Morgan fingerprint density at radius 1 is 1.29 bits per heavy atom. The Balaban J connectivity index is 1.71. The van der Waals surface area contributed by atoms with Crippen LogP contribution in [0.1, 0.15) is 45.1 Å². The monoisotopic (exact) mass is 285 g/mol. The lowest BCUT2D eigenvalue weighted by Crippen LogP contribution is -2.35. The maximum Gasteiger partial charge on any atom is 0.143 e. The Labute approximate surface area is 126 Å². The molecule has 21 heavy (non-hydrogen) atoms. The van der Waals surface area contributed by atoms with Crippen LogP contribution in [-0.2, 0) is 4.84 Å². The molecule has 0 saturated carbocycles. The van der Waals surface area contributed by atoms with E-state index >= 15 is 0 Å². The van der Waals surface area contributed by atoms with Gasteiger partial charge < -0.3 is 9.57 Å². The summed E-state index contributed by atoms with van der Waals surface area (Å²) >= 11 is 0. The first-order valence-electron chi connectivity index (χ1n) is 7.66. The highest BCUT2D eigenvalue weighted by Crippen LogP contribution is 2.40. The van der Waals surface area contributed by atoms with Gasteiger partial charge in [-0.05, 0) is 62.9 Å². The van der Waals surface area contributed by atoms with Crippen molar-refractivity contribution in [3.05, 3.63) is 41.5 Å². The summed E-state index contributed by atoms with van der Waals surface area (Å²) in [5.74, 6) is 1.43. The summed E-state index contributed by atoms with van der Waals surface area (Å²) in [4.78, 5) is 5.87. The third kappa shape index (κ3) is 2.82. The zero-order valence-electron chi connectivity index (χ0n) is 13.1. The molecule has 0 bridgehead atoms. The van der Waals surface area contributed by atoms with Gasteiger partial charge in [0.15, 0.2) is 0 Å². The van der Waals surface area contributed by atoms with Crippen LogP contribution in [-0.4, -0.2) is 18.4 Å². The lowest BCUT2D eigenvalue weighted by atomic mass is 9.76. The Morgan fingerprint density at radius 3 is 2.67 bits per heavy atom. The molecule has 1 aliphatic heterocycles. The average molecular weight is 285 g/mol. The molecule has 2 aliphatic rings. The summed E-state index contributed by atoms with van der Waals surface area (Å²) in [7, 11) is 1.68. The summed E-state index contributed by atoms with van der Waals surface area (Å²) < 4.78 is 5.20. The quantitative estimate of drug-likeness (QED) is 0.774. The van der Waals surface area contributed by atoms with Crippen molar-refractivity contribution in [2.45, 2.75) is 45.1 Å². The molecular weight excluding hydrogens is 262 g/mol. The van der Waals surface area contributed by atoms with Gasteiger partial charge in [0.1, 0.15) is 11.4 Å². The van der Waals surface area contributed by atoms with Gasteiger partial charge in [0.25, 0.3) is 0 Å². The fraction of sp³-hybridized carbons (Fsp3) is 0.500. The molecule has 0 fully saturated rings. The highest BCUT2D eigenvalue weighted by Gasteiger charge is 2.42. The van der Waals surface area contributed by atoms with Crippen molar-refractivity contribution in [3.8, 4) is 5.75 Å². The third-order valence-electron chi connectivity index (χ3n) is 4.81. The van der Waals surface area contributed by atoms with Gasteiger partial charge in [-0.2, -0.15) is 0 Å². The average Bonchev–Trinajstić information content (AvgIpc) is 2.92. The van der Waals surface area contributed by atoms with Gasteiger partial charge in [-0.3, -0.25) is 0 Å². The standard InChI is InChI=1S/C18H23NO2/c1-13-4-8-15(9-5-13)18(2)12-17(19-21-18)14-6-10-16(20-3)11-7-14/h4,6-7,10-11,15H,5,8-9,12H2,1-3H3/t15-,18?/m0/s1. The second-order valence-electron chi connectivity index (χ2n) is 6.37. The number of hydrogen-bond donors (Lipinski definition) is 0. The highest BCUT2D eigenvalue weighted by molar-refractivity contribution is 6.01. The van der Waals surface area contributed by atoms with Gasteiger partial charge in [-0.1, -0.05) is 16.8 Å². The van der Waals surface area contributed by atoms with Crippen LogP contribution in [0.3, 0.4) is 0 Å². The van der Waals surface area contributed by atoms with Gasteiger partial charge in [0.05, 0.1) is 12.8 Å². The van der Waals surface area contributed by atoms with E-state index in [1.807, 2.05) is 12.1 Å². The first kappa shape index (κ1) is 14.2. The normalized spacial score (nSPS) is 28.6. The molecule has 2 atom stereocenters. The van der Waals surface area contributed by atoms with E-state index in [1.165, 1.54) is 18.4 Å². The fourth-order valence-electron chi connectivity index (χ4n) is 3.23. The zero-order chi connectivity index (χ0) is 14.9. The van der Waals surface area contributed by atoms with Crippen LogP contribution in [0.25, 0.3) is 0 Å². The van der Waals surface area contributed by atoms with Crippen LogP contribution < -0.4 is 4.74 Å². The van der Waals surface area contributed by atoms with E-state index in [9.17, 15) is 0 Å². The van der Waals surface area contributed by atoms with E-state index < -0.39 is 0 Å². The Bertz CT molecular complexity index is 573. The molecule has 0 saturated heterocycles. The predicted octanol–water partition coefficient (Wildman–Crippen LogP) is 4.32. The van der Waals surface area contributed by atoms with E-state index in [1.54, 1.807) is 7.11 Å². The summed E-state index contributed by atoms with van der Waals surface area (Å²) in [5.41, 5.74) is 3.52. The molecule has 1 heterocycles. The van der Waals surface area contributed by atoms with Crippen LogP contribution in [0.5, 0.6) is 5.75 Å². The van der Waals surface area contributed by atoms with E-state index in [4.69, 9.17) is 9.57 Å². The van der Waals surface area contributed by atoms with Crippen molar-refractivity contribution >= 4 is 5.71 Å². The summed E-state index contributed by atoms with van der Waals surface area (Å²) in [6.07, 6.45) is 6.73. The Hall–Kier alpha value is -1.77. The van der Waals surface area contributed by atoms with Crippen molar-refractivity contribution in [1.82, 2.24) is 0 Å². The summed E-state index contributed by atoms with van der Waals surface area (Å²) in [6, 6.07) is 8.05. The number of oxime groups is 1. The van der Waals surface area contributed by atoms with E-state index in [0.29, 0.717) is 5.92 Å². The molecular formula is C18H23NO2.